The van der Waals surface area contributed by atoms with Gasteiger partial charge in [-0.15, -0.1) is 11.3 Å². The molecule has 0 spiro atoms. The second-order valence-electron chi connectivity index (χ2n) is 14.0. The maximum atomic E-state index is 5.19. The SMILES string of the molecule is c1ccc(-c2cccc(-c3nc(-c4ccc(-c5cccc6sc7ccccc7c56)cc4)nc(-c4ccc5c6ccccc6c6ccccc6c5c4)n3)c2)cc1. The molecule has 55 heavy (non-hydrogen) atoms. The molecule has 0 N–H and O–H groups in total. The number of benzene rings is 9. The molecule has 0 aliphatic heterocycles. The highest BCUT2D eigenvalue weighted by Gasteiger charge is 2.17. The summed E-state index contributed by atoms with van der Waals surface area (Å²) in [6.45, 7) is 0. The lowest BCUT2D eigenvalue weighted by Gasteiger charge is -2.13. The Morgan fingerprint density at radius 2 is 0.745 bits per heavy atom. The van der Waals surface area contributed by atoms with Crippen molar-refractivity contribution in [3.63, 3.8) is 0 Å². The van der Waals surface area contributed by atoms with Crippen LogP contribution in [0.1, 0.15) is 0 Å². The summed E-state index contributed by atoms with van der Waals surface area (Å²) in [6, 6.07) is 66.8. The van der Waals surface area contributed by atoms with Gasteiger partial charge in [0, 0.05) is 36.9 Å². The predicted molar refractivity (Wildman–Crippen MR) is 232 cm³/mol. The molecular weight excluding hydrogens is 687 g/mol. The standard InChI is InChI=1S/C51H31N3S/c1-2-12-32(13-3-1)35-14-10-15-36(30-35)50-52-49(34-26-24-33(25-27-34)38-21-11-23-47-48(38)44-20-8-9-22-46(44)55-47)53-51(54-50)37-28-29-43-41-18-5-4-16-39(41)40-17-6-7-19-42(40)45(43)31-37/h1-31H. The lowest BCUT2D eigenvalue weighted by molar-refractivity contribution is 1.07. The monoisotopic (exact) mass is 717 g/mol. The number of thiophene rings is 1. The molecule has 0 aliphatic carbocycles. The first kappa shape index (κ1) is 31.5. The third-order valence-corrected chi connectivity index (χ3v) is 11.9. The van der Waals surface area contributed by atoms with Crippen LogP contribution in [0.2, 0.25) is 0 Å². The fraction of sp³-hybridized carbons (Fsp3) is 0. The Bertz CT molecular complexity index is 3220. The minimum Gasteiger partial charge on any atom is -0.208 e. The molecule has 0 bridgehead atoms. The van der Waals surface area contributed by atoms with Crippen LogP contribution in [-0.4, -0.2) is 15.0 Å². The molecule has 3 nitrogen and oxygen atoms in total. The van der Waals surface area contributed by atoms with Gasteiger partial charge in [0.2, 0.25) is 0 Å². The Balaban J connectivity index is 1.08. The quantitative estimate of drug-likeness (QED) is 0.166. The van der Waals surface area contributed by atoms with Crippen LogP contribution in [0.3, 0.4) is 0 Å². The first-order valence-corrected chi connectivity index (χ1v) is 19.3. The maximum Gasteiger partial charge on any atom is 0.164 e. The highest BCUT2D eigenvalue weighted by Crippen LogP contribution is 2.41. The molecule has 0 radical (unpaired) electrons. The summed E-state index contributed by atoms with van der Waals surface area (Å²) in [4.78, 5) is 15.5. The first-order chi connectivity index (χ1) is 27.2. The zero-order valence-electron chi connectivity index (χ0n) is 29.6. The zero-order valence-corrected chi connectivity index (χ0v) is 30.5. The van der Waals surface area contributed by atoms with Gasteiger partial charge in [0.05, 0.1) is 0 Å². The topological polar surface area (TPSA) is 38.7 Å². The van der Waals surface area contributed by atoms with E-state index in [9.17, 15) is 0 Å². The van der Waals surface area contributed by atoms with Gasteiger partial charge in [-0.1, -0.05) is 164 Å². The predicted octanol–water partition coefficient (Wildman–Crippen LogP) is 14.0. The molecule has 0 saturated carbocycles. The normalized spacial score (nSPS) is 11.6. The highest BCUT2D eigenvalue weighted by atomic mass is 32.1. The second kappa shape index (κ2) is 12.8. The average molecular weight is 718 g/mol. The van der Waals surface area contributed by atoms with Crippen molar-refractivity contribution in [2.75, 3.05) is 0 Å². The van der Waals surface area contributed by atoms with E-state index in [4.69, 9.17) is 15.0 Å². The van der Waals surface area contributed by atoms with Crippen LogP contribution < -0.4 is 0 Å². The maximum absolute atomic E-state index is 5.19. The van der Waals surface area contributed by atoms with E-state index in [1.807, 2.05) is 17.4 Å². The number of fused-ring (bicyclic) bond motifs is 9. The minimum absolute atomic E-state index is 0.638. The van der Waals surface area contributed by atoms with Crippen molar-refractivity contribution in [3.05, 3.63) is 188 Å². The van der Waals surface area contributed by atoms with Crippen molar-refractivity contribution in [2.45, 2.75) is 0 Å². The molecule has 0 aliphatic rings. The van der Waals surface area contributed by atoms with E-state index in [2.05, 4.69) is 182 Å². The van der Waals surface area contributed by atoms with E-state index in [1.54, 1.807) is 0 Å². The van der Waals surface area contributed by atoms with Crippen LogP contribution in [0.25, 0.3) is 109 Å². The van der Waals surface area contributed by atoms with Crippen molar-refractivity contribution in [2.24, 2.45) is 0 Å². The largest absolute Gasteiger partial charge is 0.208 e. The van der Waals surface area contributed by atoms with Gasteiger partial charge in [-0.25, -0.2) is 15.0 Å². The molecule has 0 fully saturated rings. The van der Waals surface area contributed by atoms with Gasteiger partial charge in [-0.05, 0) is 78.8 Å². The number of hydrogen-bond donors (Lipinski definition) is 0. The van der Waals surface area contributed by atoms with E-state index in [-0.39, 0.29) is 0 Å². The van der Waals surface area contributed by atoms with Gasteiger partial charge in [0.25, 0.3) is 0 Å². The summed E-state index contributed by atoms with van der Waals surface area (Å²) in [7, 11) is 0. The van der Waals surface area contributed by atoms with Crippen LogP contribution in [0.5, 0.6) is 0 Å². The van der Waals surface area contributed by atoms with E-state index in [0.29, 0.717) is 17.5 Å². The van der Waals surface area contributed by atoms with Crippen LogP contribution in [0.4, 0.5) is 0 Å². The van der Waals surface area contributed by atoms with Gasteiger partial charge in [0.1, 0.15) is 0 Å². The third-order valence-electron chi connectivity index (χ3n) is 10.7. The van der Waals surface area contributed by atoms with Gasteiger partial charge in [-0.3, -0.25) is 0 Å². The lowest BCUT2D eigenvalue weighted by Crippen LogP contribution is -2.00. The fourth-order valence-electron chi connectivity index (χ4n) is 8.09. The van der Waals surface area contributed by atoms with Crippen LogP contribution in [0, 0.1) is 0 Å². The molecule has 4 heteroatoms. The Morgan fingerprint density at radius 1 is 0.273 bits per heavy atom. The molecule has 2 heterocycles. The molecule has 256 valence electrons. The summed E-state index contributed by atoms with van der Waals surface area (Å²) in [6.07, 6.45) is 0. The first-order valence-electron chi connectivity index (χ1n) is 18.5. The number of nitrogens with zero attached hydrogens (tertiary/aromatic N) is 3. The van der Waals surface area contributed by atoms with Gasteiger partial charge in [0.15, 0.2) is 17.5 Å². The van der Waals surface area contributed by atoms with Crippen molar-refractivity contribution < 1.29 is 0 Å². The zero-order chi connectivity index (χ0) is 36.3. The van der Waals surface area contributed by atoms with E-state index in [0.717, 1.165) is 33.4 Å². The van der Waals surface area contributed by atoms with Gasteiger partial charge in [-0.2, -0.15) is 0 Å². The Kier molecular flexibility index (Phi) is 7.35. The van der Waals surface area contributed by atoms with Gasteiger partial charge >= 0.3 is 0 Å². The molecule has 9 aromatic carbocycles. The second-order valence-corrected chi connectivity index (χ2v) is 15.0. The molecule has 0 amide bonds. The van der Waals surface area contributed by atoms with Crippen molar-refractivity contribution in [1.29, 1.82) is 0 Å². The highest BCUT2D eigenvalue weighted by molar-refractivity contribution is 7.25. The number of aromatic nitrogens is 3. The Morgan fingerprint density at radius 3 is 1.45 bits per heavy atom. The molecule has 11 aromatic rings. The number of hydrogen-bond acceptors (Lipinski definition) is 4. The number of rotatable bonds is 5. The summed E-state index contributed by atoms with van der Waals surface area (Å²) < 4.78 is 2.60. The van der Waals surface area contributed by atoms with E-state index >= 15 is 0 Å². The van der Waals surface area contributed by atoms with Crippen molar-refractivity contribution >= 4 is 63.8 Å². The van der Waals surface area contributed by atoms with Gasteiger partial charge < -0.3 is 0 Å². The lowest BCUT2D eigenvalue weighted by atomic mass is 9.93. The molecular formula is C51H31N3S. The average Bonchev–Trinajstić information content (AvgIpc) is 3.66. The van der Waals surface area contributed by atoms with E-state index in [1.165, 1.54) is 58.1 Å². The van der Waals surface area contributed by atoms with Crippen LogP contribution in [-0.2, 0) is 0 Å². The molecule has 0 unspecified atom stereocenters. The summed E-state index contributed by atoms with van der Waals surface area (Å²) >= 11 is 1.84. The fourth-order valence-corrected chi connectivity index (χ4v) is 9.22. The smallest absolute Gasteiger partial charge is 0.164 e. The summed E-state index contributed by atoms with van der Waals surface area (Å²) in [5.41, 5.74) is 7.48. The summed E-state index contributed by atoms with van der Waals surface area (Å²) in [5.74, 6) is 1.92. The Hall–Kier alpha value is -7.01. The van der Waals surface area contributed by atoms with Crippen LogP contribution >= 0.6 is 11.3 Å². The molecule has 0 saturated heterocycles. The Labute approximate surface area is 321 Å². The minimum atomic E-state index is 0.638. The molecule has 11 rings (SSSR count). The molecule has 0 atom stereocenters. The van der Waals surface area contributed by atoms with Crippen molar-refractivity contribution in [1.82, 2.24) is 15.0 Å². The third kappa shape index (κ3) is 5.38. The van der Waals surface area contributed by atoms with Crippen LogP contribution in [0.15, 0.2) is 188 Å². The van der Waals surface area contributed by atoms with Crippen molar-refractivity contribution in [3.8, 4) is 56.4 Å². The molecule has 2 aromatic heterocycles. The summed E-state index contributed by atoms with van der Waals surface area (Å²) in [5, 5.41) is 9.94. The van der Waals surface area contributed by atoms with E-state index < -0.39 is 0 Å².